The van der Waals surface area contributed by atoms with Crippen molar-refractivity contribution in [2.45, 2.75) is 38.3 Å². The van der Waals surface area contributed by atoms with Crippen LogP contribution in [0, 0.1) is 0 Å². The van der Waals surface area contributed by atoms with Crippen molar-refractivity contribution in [3.05, 3.63) is 54.2 Å². The lowest BCUT2D eigenvalue weighted by Gasteiger charge is -2.34. The van der Waals surface area contributed by atoms with Gasteiger partial charge in [-0.05, 0) is 57.3 Å². The molecule has 2 aromatic heterocycles. The van der Waals surface area contributed by atoms with Crippen molar-refractivity contribution in [3.63, 3.8) is 0 Å². The molecule has 5 heterocycles. The van der Waals surface area contributed by atoms with Crippen LogP contribution in [0.1, 0.15) is 26.3 Å². The molecule has 3 aromatic rings. The number of aliphatic hydroxyl groups excluding tert-OH is 1. The van der Waals surface area contributed by atoms with Crippen LogP contribution in [0.5, 0.6) is 0 Å². The first-order valence-corrected chi connectivity index (χ1v) is 13.8. The summed E-state index contributed by atoms with van der Waals surface area (Å²) in [6.45, 7) is 10.4. The third-order valence-corrected chi connectivity index (χ3v) is 8.54. The van der Waals surface area contributed by atoms with Gasteiger partial charge in [0, 0.05) is 60.8 Å². The fourth-order valence-electron chi connectivity index (χ4n) is 5.70. The second kappa shape index (κ2) is 10.2. The molecule has 0 radical (unpaired) electrons. The first-order valence-electron chi connectivity index (χ1n) is 13.8. The maximum atomic E-state index is 12.4. The zero-order valence-corrected chi connectivity index (χ0v) is 23.4. The Kier molecular flexibility index (Phi) is 6.71. The van der Waals surface area contributed by atoms with E-state index >= 15 is 0 Å². The number of aromatic nitrogens is 3. The average molecular weight is 545 g/mol. The summed E-state index contributed by atoms with van der Waals surface area (Å²) in [5, 5.41) is 13.8. The molecule has 1 aromatic carbocycles. The number of pyridine rings is 1. The number of carbonyl (C=O) groups is 1. The van der Waals surface area contributed by atoms with Crippen LogP contribution < -0.4 is 20.0 Å². The molecule has 2 N–H and O–H groups in total. The molecule has 40 heavy (non-hydrogen) atoms. The number of hydrogen-bond acceptors (Lipinski definition) is 10. The zero-order chi connectivity index (χ0) is 28.0. The smallest absolute Gasteiger partial charge is 0.415 e. The van der Waals surface area contributed by atoms with E-state index in [-0.39, 0.29) is 18.7 Å². The number of nitrogens with zero attached hydrogens (tertiary/aromatic N) is 7. The van der Waals surface area contributed by atoms with Crippen LogP contribution in [-0.4, -0.2) is 89.6 Å². The molecule has 3 aliphatic rings. The van der Waals surface area contributed by atoms with Crippen molar-refractivity contribution < 1.29 is 14.6 Å². The lowest BCUT2D eigenvalue weighted by atomic mass is 9.81. The van der Waals surface area contributed by atoms with E-state index in [0.717, 1.165) is 37.4 Å². The number of fused-ring (bicyclic) bond motifs is 1. The Hall–Kier alpha value is -3.96. The summed E-state index contributed by atoms with van der Waals surface area (Å²) < 4.78 is 5.21. The Bertz CT molecular complexity index is 1390. The van der Waals surface area contributed by atoms with E-state index in [0.29, 0.717) is 30.0 Å². The number of ether oxygens (including phenoxy) is 1. The van der Waals surface area contributed by atoms with Gasteiger partial charge in [0.1, 0.15) is 24.1 Å². The lowest BCUT2D eigenvalue weighted by molar-refractivity contribution is 0.179. The van der Waals surface area contributed by atoms with Gasteiger partial charge in [-0.15, -0.1) is 0 Å². The number of anilines is 6. The molecule has 0 bridgehead atoms. The molecule has 0 spiro atoms. The van der Waals surface area contributed by atoms with E-state index in [1.165, 1.54) is 5.69 Å². The number of carbonyl (C=O) groups excluding carboxylic acids is 1. The predicted molar refractivity (Wildman–Crippen MR) is 155 cm³/mol. The maximum Gasteiger partial charge on any atom is 0.415 e. The van der Waals surface area contributed by atoms with Gasteiger partial charge >= 0.3 is 6.09 Å². The van der Waals surface area contributed by atoms with E-state index in [4.69, 9.17) is 14.7 Å². The summed E-state index contributed by atoms with van der Waals surface area (Å²) in [4.78, 5) is 35.0. The standard InChI is InChI=1S/C29H36N8O3/c1-19-17-40-28(39)36(19)24-6-5-7-25(32-24)37-20(2)29(3,18-38)23-16-30-27(33-26(23)37)31-21-8-10-22(11-9-21)35-14-12-34(4)13-15-35/h5-11,16,19-20,38H,12-15,17-18H2,1-4H3,(H,30,31,33)/t19-,20-,29-/m0/s1. The third-order valence-electron chi connectivity index (χ3n) is 8.54. The van der Waals surface area contributed by atoms with Gasteiger partial charge in [-0.3, -0.25) is 4.90 Å². The van der Waals surface area contributed by atoms with Gasteiger partial charge < -0.3 is 29.9 Å². The molecule has 3 aliphatic heterocycles. The Balaban J connectivity index is 1.29. The van der Waals surface area contributed by atoms with Crippen molar-refractivity contribution in [1.29, 1.82) is 0 Å². The van der Waals surface area contributed by atoms with Crippen molar-refractivity contribution in [2.24, 2.45) is 0 Å². The minimum atomic E-state index is -0.602. The summed E-state index contributed by atoms with van der Waals surface area (Å²) in [5.74, 6) is 2.29. The average Bonchev–Trinajstić information content (AvgIpc) is 3.41. The minimum Gasteiger partial charge on any atom is -0.447 e. The quantitative estimate of drug-likeness (QED) is 0.478. The molecule has 6 rings (SSSR count). The summed E-state index contributed by atoms with van der Waals surface area (Å²) in [5.41, 5.74) is 2.34. The Morgan fingerprint density at radius 2 is 1.73 bits per heavy atom. The van der Waals surface area contributed by atoms with Crippen molar-refractivity contribution in [3.8, 4) is 0 Å². The molecule has 210 valence electrons. The van der Waals surface area contributed by atoms with E-state index in [9.17, 15) is 9.90 Å². The number of rotatable bonds is 6. The molecule has 0 aliphatic carbocycles. The molecule has 11 nitrogen and oxygen atoms in total. The van der Waals surface area contributed by atoms with E-state index < -0.39 is 11.5 Å². The van der Waals surface area contributed by atoms with Gasteiger partial charge in [0.2, 0.25) is 5.95 Å². The Labute approximate surface area is 234 Å². The van der Waals surface area contributed by atoms with Gasteiger partial charge in [0.25, 0.3) is 0 Å². The van der Waals surface area contributed by atoms with Crippen LogP contribution >= 0.6 is 0 Å². The number of benzene rings is 1. The highest BCUT2D eigenvalue weighted by Gasteiger charge is 2.48. The predicted octanol–water partition coefficient (Wildman–Crippen LogP) is 3.50. The normalized spacial score (nSPS) is 24.8. The van der Waals surface area contributed by atoms with Gasteiger partial charge in [0.15, 0.2) is 0 Å². The first kappa shape index (κ1) is 26.3. The second-order valence-corrected chi connectivity index (χ2v) is 11.2. The third kappa shape index (κ3) is 4.48. The molecule has 2 saturated heterocycles. The van der Waals surface area contributed by atoms with Crippen LogP contribution in [-0.2, 0) is 10.2 Å². The van der Waals surface area contributed by atoms with Crippen molar-refractivity contribution in [1.82, 2.24) is 19.9 Å². The van der Waals surface area contributed by atoms with Crippen LogP contribution in [0.3, 0.4) is 0 Å². The van der Waals surface area contributed by atoms with Gasteiger partial charge in [-0.1, -0.05) is 13.0 Å². The van der Waals surface area contributed by atoms with Crippen LogP contribution in [0.2, 0.25) is 0 Å². The first-order chi connectivity index (χ1) is 19.3. The van der Waals surface area contributed by atoms with Crippen LogP contribution in [0.25, 0.3) is 0 Å². The van der Waals surface area contributed by atoms with Crippen LogP contribution in [0.15, 0.2) is 48.7 Å². The molecule has 1 amide bonds. The zero-order valence-electron chi connectivity index (χ0n) is 23.4. The van der Waals surface area contributed by atoms with E-state index in [2.05, 4.69) is 39.3 Å². The number of amides is 1. The second-order valence-electron chi connectivity index (χ2n) is 11.2. The summed E-state index contributed by atoms with van der Waals surface area (Å²) in [6.07, 6.45) is 1.39. The van der Waals surface area contributed by atoms with E-state index in [1.807, 2.05) is 49.9 Å². The fraction of sp³-hybridized carbons (Fsp3) is 0.448. The summed E-state index contributed by atoms with van der Waals surface area (Å²) >= 11 is 0. The highest BCUT2D eigenvalue weighted by atomic mass is 16.6. The van der Waals surface area contributed by atoms with Crippen molar-refractivity contribution in [2.75, 3.05) is 66.5 Å². The number of piperazine rings is 1. The maximum absolute atomic E-state index is 12.4. The number of likely N-dealkylation sites (N-methyl/N-ethyl adjacent to an activating group) is 1. The largest absolute Gasteiger partial charge is 0.447 e. The van der Waals surface area contributed by atoms with Gasteiger partial charge in [-0.2, -0.15) is 4.98 Å². The SMILES string of the molecule is C[C@@H]1N(c2cccc(N3C(=O)OC[C@@H]3C)n2)c2nc(Nc3ccc(N4CCN(C)CC4)cc3)ncc2[C@@]1(C)CO. The highest BCUT2D eigenvalue weighted by Crippen LogP contribution is 2.47. The molecular weight excluding hydrogens is 508 g/mol. The Morgan fingerprint density at radius 3 is 2.38 bits per heavy atom. The summed E-state index contributed by atoms with van der Waals surface area (Å²) in [6, 6.07) is 13.6. The Morgan fingerprint density at radius 1 is 1.02 bits per heavy atom. The molecule has 2 fully saturated rings. The summed E-state index contributed by atoms with van der Waals surface area (Å²) in [7, 11) is 2.16. The van der Waals surface area contributed by atoms with Crippen molar-refractivity contribution >= 4 is 40.9 Å². The minimum absolute atomic E-state index is 0.0727. The van der Waals surface area contributed by atoms with Crippen LogP contribution in [0.4, 0.5) is 39.6 Å². The fourth-order valence-corrected chi connectivity index (χ4v) is 5.70. The monoisotopic (exact) mass is 544 g/mol. The van der Waals surface area contributed by atoms with Gasteiger partial charge in [-0.25, -0.2) is 14.8 Å². The molecule has 0 unspecified atom stereocenters. The molecule has 11 heteroatoms. The highest BCUT2D eigenvalue weighted by molar-refractivity contribution is 5.89. The number of cyclic esters (lactones) is 1. The lowest BCUT2D eigenvalue weighted by Crippen LogP contribution is -2.44. The number of aliphatic hydroxyl groups is 1. The number of hydrogen-bond donors (Lipinski definition) is 2. The molecular formula is C29H36N8O3. The molecule has 0 saturated carbocycles. The topological polar surface area (TPSA) is 110 Å². The molecule has 3 atom stereocenters. The van der Waals surface area contributed by atoms with E-state index in [1.54, 1.807) is 17.2 Å². The van der Waals surface area contributed by atoms with Gasteiger partial charge in [0.05, 0.1) is 12.6 Å². The number of nitrogens with one attached hydrogen (secondary N) is 1.